The van der Waals surface area contributed by atoms with E-state index in [4.69, 9.17) is 0 Å². The van der Waals surface area contributed by atoms with Crippen molar-refractivity contribution < 1.29 is 5.48 Å². The predicted molar refractivity (Wildman–Crippen MR) is 22.9 cm³/mol. The Hall–Kier alpha value is 3.19. The molecule has 0 aliphatic rings. The summed E-state index contributed by atoms with van der Waals surface area (Å²) in [4.78, 5) is 0. The molecule has 4 heteroatoms. The van der Waals surface area contributed by atoms with Gasteiger partial charge in [0.1, 0.15) is 0 Å². The zero-order valence-electron chi connectivity index (χ0n) is 1.21. The van der Waals surface area contributed by atoms with Crippen molar-refractivity contribution in [3.63, 3.8) is 0 Å². The van der Waals surface area contributed by atoms with Crippen LogP contribution in [0, 0.1) is 0 Å². The van der Waals surface area contributed by atoms with E-state index in [1.807, 2.05) is 0 Å². The van der Waals surface area contributed by atoms with Gasteiger partial charge in [0, 0.05) is 0 Å². The maximum atomic E-state index is 0. The SMILES string of the molecule is N.O.[KH].[KH]. The van der Waals surface area contributed by atoms with Gasteiger partial charge in [-0.2, -0.15) is 0 Å². The van der Waals surface area contributed by atoms with Crippen LogP contribution in [-0.2, 0) is 0 Å². The van der Waals surface area contributed by atoms with Gasteiger partial charge in [-0.1, -0.05) is 0 Å². The third-order valence-electron chi connectivity index (χ3n) is 0. The molecule has 0 saturated heterocycles. The van der Waals surface area contributed by atoms with Crippen molar-refractivity contribution in [1.82, 2.24) is 6.15 Å². The van der Waals surface area contributed by atoms with Crippen LogP contribution in [0.15, 0.2) is 0 Å². The first-order valence-electron chi connectivity index (χ1n) is 0. The van der Waals surface area contributed by atoms with E-state index in [2.05, 4.69) is 0 Å². The monoisotopic (exact) mass is 115 g/mol. The van der Waals surface area contributed by atoms with Crippen LogP contribution in [0.25, 0.3) is 0 Å². The van der Waals surface area contributed by atoms with Crippen molar-refractivity contribution in [1.29, 1.82) is 0 Å². The fourth-order valence-electron chi connectivity index (χ4n) is 0. The van der Waals surface area contributed by atoms with Gasteiger partial charge in [0.05, 0.1) is 0 Å². The third-order valence-corrected chi connectivity index (χ3v) is 0. The quantitative estimate of drug-likeness (QED) is 0.366. The molecule has 5 N–H and O–H groups in total. The topological polar surface area (TPSA) is 66.5 Å². The summed E-state index contributed by atoms with van der Waals surface area (Å²) in [5.41, 5.74) is 0. The molecule has 0 saturated carbocycles. The Bertz CT molecular complexity index is 6.00. The van der Waals surface area contributed by atoms with Gasteiger partial charge in [-0.05, 0) is 0 Å². The number of rotatable bonds is 0. The molecule has 0 rings (SSSR count). The van der Waals surface area contributed by atoms with Crippen molar-refractivity contribution in [3.05, 3.63) is 0 Å². The molecule has 0 aromatic rings. The molecule has 0 atom stereocenters. The molecule has 0 spiro atoms. The van der Waals surface area contributed by atoms with Gasteiger partial charge in [-0.3, -0.25) is 0 Å². The van der Waals surface area contributed by atoms with E-state index in [0.717, 1.165) is 0 Å². The number of hydrogen-bond donors (Lipinski definition) is 1. The van der Waals surface area contributed by atoms with E-state index in [9.17, 15) is 0 Å². The maximum absolute atomic E-state index is 0. The Morgan fingerprint density at radius 3 is 0.750 bits per heavy atom. The summed E-state index contributed by atoms with van der Waals surface area (Å²) in [5.74, 6) is 0. The summed E-state index contributed by atoms with van der Waals surface area (Å²) in [6.45, 7) is 0. The van der Waals surface area contributed by atoms with E-state index in [-0.39, 0.29) is 114 Å². The molecule has 2 nitrogen and oxygen atoms in total. The molecule has 0 heterocycles. The summed E-state index contributed by atoms with van der Waals surface area (Å²) < 4.78 is 0. The fourth-order valence-corrected chi connectivity index (χ4v) is 0. The summed E-state index contributed by atoms with van der Waals surface area (Å²) >= 11 is 0. The Balaban J connectivity index is 0. The molecule has 0 aromatic carbocycles. The Labute approximate surface area is 111 Å². The Morgan fingerprint density at radius 1 is 0.750 bits per heavy atom. The van der Waals surface area contributed by atoms with Gasteiger partial charge >= 0.3 is 103 Å². The first-order valence-corrected chi connectivity index (χ1v) is 0. The van der Waals surface area contributed by atoms with Crippen molar-refractivity contribution in [2.24, 2.45) is 0 Å². The van der Waals surface area contributed by atoms with Gasteiger partial charge in [-0.15, -0.1) is 0 Å². The Morgan fingerprint density at radius 2 is 0.750 bits per heavy atom. The van der Waals surface area contributed by atoms with E-state index >= 15 is 0 Å². The van der Waals surface area contributed by atoms with Crippen LogP contribution in [0.3, 0.4) is 0 Å². The second-order valence-electron chi connectivity index (χ2n) is 0. The molecule has 4 heavy (non-hydrogen) atoms. The second-order valence-corrected chi connectivity index (χ2v) is 0. The zero-order chi connectivity index (χ0) is 0. The molecular formula is H7K2NO. The van der Waals surface area contributed by atoms with Crippen molar-refractivity contribution in [3.8, 4) is 0 Å². The van der Waals surface area contributed by atoms with Crippen LogP contribution in [0.5, 0.6) is 0 Å². The molecule has 0 bridgehead atoms. The first kappa shape index (κ1) is 27.1. The zero-order valence-corrected chi connectivity index (χ0v) is 1.21. The average Bonchev–Trinajstić information content (AvgIpc) is 0. The van der Waals surface area contributed by atoms with Crippen molar-refractivity contribution in [2.45, 2.75) is 0 Å². The van der Waals surface area contributed by atoms with E-state index < -0.39 is 0 Å². The minimum atomic E-state index is 0. The summed E-state index contributed by atoms with van der Waals surface area (Å²) in [6.07, 6.45) is 0. The molecule has 0 aliphatic carbocycles. The summed E-state index contributed by atoms with van der Waals surface area (Å²) in [6, 6.07) is 0. The van der Waals surface area contributed by atoms with Crippen molar-refractivity contribution >= 4 is 103 Å². The van der Waals surface area contributed by atoms with Crippen LogP contribution in [0.1, 0.15) is 0 Å². The molecule has 20 valence electrons. The normalized spacial score (nSPS) is 0. The van der Waals surface area contributed by atoms with Crippen molar-refractivity contribution in [2.75, 3.05) is 0 Å². The molecule has 0 radical (unpaired) electrons. The van der Waals surface area contributed by atoms with Gasteiger partial charge in [0.15, 0.2) is 0 Å². The van der Waals surface area contributed by atoms with E-state index in [0.29, 0.717) is 0 Å². The fraction of sp³-hybridized carbons (Fsp3) is 0. The molecule has 0 aromatic heterocycles. The van der Waals surface area contributed by atoms with Crippen LogP contribution in [0.2, 0.25) is 0 Å². The average molecular weight is 115 g/mol. The first-order chi connectivity index (χ1) is 0. The summed E-state index contributed by atoms with van der Waals surface area (Å²) in [7, 11) is 0. The minimum absolute atomic E-state index is 0. The second kappa shape index (κ2) is 16.4. The van der Waals surface area contributed by atoms with Gasteiger partial charge in [0.2, 0.25) is 0 Å². The van der Waals surface area contributed by atoms with Crippen LogP contribution >= 0.6 is 0 Å². The summed E-state index contributed by atoms with van der Waals surface area (Å²) in [5, 5.41) is 0. The van der Waals surface area contributed by atoms with E-state index in [1.165, 1.54) is 0 Å². The number of hydrogen-bond acceptors (Lipinski definition) is 1. The Kier molecular flexibility index (Phi) is 111. The van der Waals surface area contributed by atoms with Crippen LogP contribution < -0.4 is 6.15 Å². The molecular weight excluding hydrogens is 108 g/mol. The van der Waals surface area contributed by atoms with Crippen LogP contribution in [0.4, 0.5) is 0 Å². The van der Waals surface area contributed by atoms with Crippen LogP contribution in [-0.4, -0.2) is 108 Å². The standard InChI is InChI=1S/2K.H3N.H2O.2H/h;;1H3;1H2;;. The molecule has 0 aliphatic heterocycles. The predicted octanol–water partition coefficient (Wildman–Crippen LogP) is -1.96. The molecule has 0 unspecified atom stereocenters. The molecule has 0 fully saturated rings. The van der Waals surface area contributed by atoms with Gasteiger partial charge < -0.3 is 11.6 Å². The van der Waals surface area contributed by atoms with Gasteiger partial charge in [0.25, 0.3) is 0 Å². The third kappa shape index (κ3) is 8.95. The molecule has 0 amide bonds. The van der Waals surface area contributed by atoms with Gasteiger partial charge in [-0.25, -0.2) is 0 Å². The van der Waals surface area contributed by atoms with E-state index in [1.54, 1.807) is 0 Å².